The number of nitriles is 1. The first-order valence-electron chi connectivity index (χ1n) is 41.0. The summed E-state index contributed by atoms with van der Waals surface area (Å²) in [6.45, 7) is 31.5. The molecular formula is C109H127Cl2N7O11. The number of hydrogen-bond donors (Lipinski definition) is 7. The lowest BCUT2D eigenvalue weighted by molar-refractivity contribution is -0.384. The van der Waals surface area contributed by atoms with Gasteiger partial charge < -0.3 is 57.4 Å². The molecule has 0 aliphatic carbocycles. The number of carboxylic acid groups (broad SMARTS) is 1. The van der Waals surface area contributed by atoms with Gasteiger partial charge in [0.25, 0.3) is 5.69 Å². The fourth-order valence-electron chi connectivity index (χ4n) is 9.99. The van der Waals surface area contributed by atoms with Crippen LogP contribution in [0.2, 0.25) is 10.0 Å². The fourth-order valence-corrected chi connectivity index (χ4v) is 10.4. The maximum Gasteiger partial charge on any atom is 0.335 e. The average Bonchev–Trinajstić information content (AvgIpc) is 0.913. The van der Waals surface area contributed by atoms with E-state index in [1.165, 1.54) is 81.8 Å². The van der Waals surface area contributed by atoms with Gasteiger partial charge in [-0.15, -0.1) is 0 Å². The zero-order chi connectivity index (χ0) is 96.8. The maximum absolute atomic E-state index is 10.6. The van der Waals surface area contributed by atoms with Gasteiger partial charge in [-0.25, -0.2) is 4.79 Å². The molecule has 20 heteroatoms. The molecule has 0 saturated carbocycles. The molecule has 0 fully saturated rings. The Labute approximate surface area is 774 Å². The van der Waals surface area contributed by atoms with Gasteiger partial charge in [-0.2, -0.15) is 5.26 Å². The normalized spacial score (nSPS) is 9.22. The summed E-state index contributed by atoms with van der Waals surface area (Å²) in [5.41, 5.74) is 44.2. The van der Waals surface area contributed by atoms with E-state index in [1.807, 2.05) is 320 Å². The molecule has 129 heavy (non-hydrogen) atoms. The molecule has 0 saturated heterocycles. The van der Waals surface area contributed by atoms with Gasteiger partial charge in [0.1, 0.15) is 5.75 Å². The Kier molecular flexibility index (Phi) is 56.6. The quantitative estimate of drug-likeness (QED) is 0.0401. The van der Waals surface area contributed by atoms with Gasteiger partial charge >= 0.3 is 5.97 Å². The van der Waals surface area contributed by atoms with E-state index in [4.69, 9.17) is 75.5 Å². The highest BCUT2D eigenvalue weighted by Gasteiger charge is 2.05. The van der Waals surface area contributed by atoms with Crippen LogP contribution >= 0.6 is 23.2 Å². The number of ether oxygens (including phenoxy) is 4. The van der Waals surface area contributed by atoms with Crippen LogP contribution in [0.4, 0.5) is 28.4 Å². The Balaban J connectivity index is 0.000000696. The predicted molar refractivity (Wildman–Crippen MR) is 538 cm³/mol. The number of hydrogen-bond acceptors (Lipinski definition) is 14. The van der Waals surface area contributed by atoms with E-state index < -0.39 is 10.9 Å². The Morgan fingerprint density at radius 3 is 1.16 bits per heavy atom. The molecule has 14 aromatic rings. The third kappa shape index (κ3) is 54.0. The van der Waals surface area contributed by atoms with Crippen LogP contribution in [0.5, 0.6) is 28.7 Å². The number of nitro benzene ring substituents is 1. The first-order chi connectivity index (χ1) is 61.2. The lowest BCUT2D eigenvalue weighted by Gasteiger charge is -2.06. The number of rotatable bonds is 9. The minimum atomic E-state index is -0.875. The van der Waals surface area contributed by atoms with Crippen molar-refractivity contribution in [2.75, 3.05) is 51.0 Å². The van der Waals surface area contributed by atoms with Gasteiger partial charge in [0.15, 0.2) is 23.0 Å². The number of methoxy groups -OCH3 is 4. The van der Waals surface area contributed by atoms with Crippen LogP contribution in [0.3, 0.4) is 0 Å². The highest BCUT2D eigenvalue weighted by atomic mass is 35.5. The summed E-state index contributed by atoms with van der Waals surface area (Å²) < 4.78 is 20.0. The number of carbonyl (C=O) groups excluding carboxylic acids is 2. The van der Waals surface area contributed by atoms with E-state index in [1.54, 1.807) is 75.9 Å². The summed E-state index contributed by atoms with van der Waals surface area (Å²) in [4.78, 5) is 41.1. The average molecular weight is 1780 g/mol. The van der Waals surface area contributed by atoms with E-state index >= 15 is 0 Å². The Hall–Kier alpha value is -14.6. The number of aryl methyl sites for hydroxylation is 15. The molecule has 0 spiro atoms. The fraction of sp³-hybridized carbons (Fsp3) is 0.193. The summed E-state index contributed by atoms with van der Waals surface area (Å²) in [5.74, 6) is 1.96. The second-order valence-electron chi connectivity index (χ2n) is 29.1. The third-order valence-electron chi connectivity index (χ3n) is 17.4. The van der Waals surface area contributed by atoms with Crippen molar-refractivity contribution in [2.45, 2.75) is 117 Å². The van der Waals surface area contributed by atoms with Crippen LogP contribution in [0.15, 0.2) is 328 Å². The highest BCUT2D eigenvalue weighted by molar-refractivity contribution is 6.30. The van der Waals surface area contributed by atoms with Crippen molar-refractivity contribution >= 4 is 69.4 Å². The number of phenols is 1. The van der Waals surface area contributed by atoms with Gasteiger partial charge in [-0.3, -0.25) is 19.7 Å². The second-order valence-corrected chi connectivity index (χ2v) is 30.0. The molecule has 0 radical (unpaired) electrons. The van der Waals surface area contributed by atoms with Crippen molar-refractivity contribution in [1.29, 1.82) is 5.26 Å². The van der Waals surface area contributed by atoms with Gasteiger partial charge in [0.05, 0.1) is 50.6 Å². The minimum Gasteiger partial charge on any atom is -0.504 e. The van der Waals surface area contributed by atoms with Crippen molar-refractivity contribution in [3.05, 3.63) is 448 Å². The number of phenolic OH excluding ortho intramolecular Hbond substituents is 1. The highest BCUT2D eigenvalue weighted by Crippen LogP contribution is 2.29. The number of nitrogens with zero attached hydrogens (tertiary/aromatic N) is 2. The zero-order valence-electron chi connectivity index (χ0n) is 77.9. The predicted octanol–water partition coefficient (Wildman–Crippen LogP) is 26.8. The van der Waals surface area contributed by atoms with Crippen molar-refractivity contribution in [2.24, 2.45) is 5.73 Å². The number of halogens is 2. The standard InChI is InChI=1S/C9H11NO.C9H12O2.C8H9Cl.C8H9NO.C8H11N.C8H7N.C8H10O2.C8H8O2.C8H10O.C7H7Cl.C7H7NO2.2C7H9N.C7H8/c1-7-3-5-9(6-4-7)10-8(2)11;1-7-4-5-8(10-2)9(6-7)11-3;1-2-7-4-3-5-8(9)6-7;1-6-2-4-7(5-3-6)8(9)10;1-6-3-4-8(9)7(2)5-6;1-7-2-4-8(6-9)5-3-7;1-6-4-3-5-7(10-2)8(6)9;1-6-2-4-7(5-3-6)8(9)10;1-7-4-3-5-8(6-7)9-2;1-6-3-2-4-7(8)5-6;1-6-2-4-7(5-3-6)8(9)10;1-6-2-4-7(8)5-3-6;1-6-3-2-4-7(8)5-6;1-7-5-3-2-4-6-7/h3-6H,1-2H3,(H,10,11);4-6H,1-3H3;3-6H,2H2,1H3;2-5H,1H3,(H2,9,10);3-5H,9H2,1-2H3;2-5H,1H3;3-5,9H,1-2H3;2-5H,1H3,(H,9,10);3-6H,1-2H3;2-5H,1H3;2-5H,1H3;2*2-5H,8H2,1H3;2-6H,1H3. The van der Waals surface area contributed by atoms with E-state index in [0.717, 1.165) is 89.8 Å². The monoisotopic (exact) mass is 1780 g/mol. The lowest BCUT2D eigenvalue weighted by atomic mass is 10.1. The molecule has 0 aliphatic heterocycles. The third-order valence-corrected chi connectivity index (χ3v) is 17.8. The summed E-state index contributed by atoms with van der Waals surface area (Å²) in [6.07, 6.45) is 1.06. The number of para-hydroxylation sites is 1. The number of aromatic hydroxyl groups is 1. The summed E-state index contributed by atoms with van der Waals surface area (Å²) in [6, 6.07) is 104. The molecule has 14 aromatic carbocycles. The Morgan fingerprint density at radius 1 is 0.403 bits per heavy atom. The topological polar surface area (TPSA) is 312 Å². The Bertz CT molecular complexity index is 5300. The first kappa shape index (κ1) is 112. The number of non-ortho nitro benzene ring substituents is 1. The van der Waals surface area contributed by atoms with Crippen LogP contribution < -0.4 is 47.2 Å². The van der Waals surface area contributed by atoms with Crippen LogP contribution in [-0.2, 0) is 11.2 Å². The summed E-state index contributed by atoms with van der Waals surface area (Å²) in [7, 11) is 6.48. The molecule has 0 bridgehead atoms. The molecule has 0 aromatic heterocycles. The van der Waals surface area contributed by atoms with Crippen LogP contribution in [0.1, 0.15) is 124 Å². The Morgan fingerprint density at radius 2 is 0.806 bits per heavy atom. The van der Waals surface area contributed by atoms with Crippen LogP contribution in [0, 0.1) is 118 Å². The van der Waals surface area contributed by atoms with Crippen molar-refractivity contribution < 1.29 is 48.5 Å². The number of nitro groups is 1. The van der Waals surface area contributed by atoms with Gasteiger partial charge in [-0.05, 0) is 276 Å². The van der Waals surface area contributed by atoms with E-state index in [-0.39, 0.29) is 23.3 Å². The van der Waals surface area contributed by atoms with Crippen molar-refractivity contribution in [1.82, 2.24) is 0 Å². The summed E-state index contributed by atoms with van der Waals surface area (Å²) in [5, 5.41) is 40.6. The van der Waals surface area contributed by atoms with Crippen molar-refractivity contribution in [3.63, 3.8) is 0 Å². The number of primary amides is 1. The van der Waals surface area contributed by atoms with Crippen LogP contribution in [-0.4, -0.2) is 61.4 Å². The molecule has 0 heterocycles. The van der Waals surface area contributed by atoms with Crippen molar-refractivity contribution in [3.8, 4) is 34.8 Å². The number of benzene rings is 14. The number of nitrogens with one attached hydrogen (secondary N) is 1. The molecular weight excluding hydrogens is 1650 g/mol. The van der Waals surface area contributed by atoms with E-state index in [9.17, 15) is 29.6 Å². The zero-order valence-corrected chi connectivity index (χ0v) is 79.4. The number of aromatic carboxylic acids is 1. The molecule has 678 valence electrons. The van der Waals surface area contributed by atoms with E-state index in [0.29, 0.717) is 16.9 Å². The molecule has 0 unspecified atom stereocenters. The van der Waals surface area contributed by atoms with Gasteiger partial charge in [0, 0.05) is 57.4 Å². The molecule has 0 aliphatic rings. The van der Waals surface area contributed by atoms with Crippen LogP contribution in [0.25, 0.3) is 0 Å². The summed E-state index contributed by atoms with van der Waals surface area (Å²) >= 11 is 11.4. The first-order valence-corrected chi connectivity index (χ1v) is 41.8. The van der Waals surface area contributed by atoms with E-state index in [2.05, 4.69) is 56.4 Å². The lowest BCUT2D eigenvalue weighted by Crippen LogP contribution is -2.10. The number of nitrogen functional groups attached to an aromatic ring is 3. The SMILES string of the molecule is CC(=O)Nc1ccc(C)cc1.CCc1cccc(Cl)c1.COc1ccc(C)cc1OC.COc1cccc(C)c1.COc1cccc(C)c1O.Cc1ccc(C#N)cc1.Cc1ccc(C(=O)O)cc1.Cc1ccc(C(N)=O)cc1.Cc1ccc(N)c(C)c1.Cc1ccc(N)cc1.Cc1ccc([N+](=O)[O-])cc1.Cc1cccc(Cl)c1.Cc1cccc(N)c1.Cc1ccccc1. The number of nitrogens with two attached hydrogens (primary N) is 4. The maximum atomic E-state index is 10.6. The minimum absolute atomic E-state index is 0.0335. The second kappa shape index (κ2) is 65.0. The number of carbonyl (C=O) groups is 3. The molecule has 11 N–H and O–H groups in total. The smallest absolute Gasteiger partial charge is 0.335 e. The van der Waals surface area contributed by atoms with Gasteiger partial charge in [0.2, 0.25) is 11.8 Å². The largest absolute Gasteiger partial charge is 0.504 e. The molecule has 0 atom stereocenters. The number of amides is 2. The number of anilines is 4. The molecule has 14 rings (SSSR count). The molecule has 2 amide bonds. The van der Waals surface area contributed by atoms with Gasteiger partial charge in [-0.1, -0.05) is 257 Å². The number of carboxylic acids is 1. The molecule has 18 nitrogen and oxygen atoms in total.